The highest BCUT2D eigenvalue weighted by Gasteiger charge is 2.23. The molecule has 0 bridgehead atoms. The highest BCUT2D eigenvalue weighted by atomic mass is 32.1. The van der Waals surface area contributed by atoms with Crippen LogP contribution in [0.5, 0.6) is 11.5 Å². The van der Waals surface area contributed by atoms with Crippen LogP contribution in [-0.2, 0) is 12.8 Å². The molecule has 6 aromatic heterocycles. The Bertz CT molecular complexity index is 2340. The Balaban J connectivity index is 1.10. The van der Waals surface area contributed by atoms with E-state index in [1.807, 2.05) is 80.2 Å². The summed E-state index contributed by atoms with van der Waals surface area (Å²) in [6, 6.07) is 18.6. The number of hydrogen-bond acceptors (Lipinski definition) is 8. The molecule has 56 heavy (non-hydrogen) atoms. The lowest BCUT2D eigenvalue weighted by Gasteiger charge is -2.02. The van der Waals surface area contributed by atoms with E-state index < -0.39 is 0 Å². The smallest absolute Gasteiger partial charge is 0.138 e. The zero-order chi connectivity index (χ0) is 38.4. The number of methoxy groups -OCH3 is 2. The zero-order valence-electron chi connectivity index (χ0n) is 32.4. The van der Waals surface area contributed by atoms with Gasteiger partial charge < -0.3 is 9.47 Å². The van der Waals surface area contributed by atoms with Gasteiger partial charge in [-0.25, -0.2) is 0 Å². The number of ether oxygens (including phenoxy) is 2. The lowest BCUT2D eigenvalue weighted by atomic mass is 10.1. The maximum absolute atomic E-state index is 5.94. The Morgan fingerprint density at radius 2 is 0.875 bits per heavy atom. The molecule has 0 spiro atoms. The number of thiophene rings is 6. The third-order valence-electron chi connectivity index (χ3n) is 10.1. The predicted molar refractivity (Wildman–Crippen MR) is 251 cm³/mol. The van der Waals surface area contributed by atoms with Crippen molar-refractivity contribution >= 4 is 79.2 Å². The van der Waals surface area contributed by atoms with Crippen molar-refractivity contribution in [3.05, 3.63) is 117 Å². The minimum absolute atomic E-state index is 0.947. The van der Waals surface area contributed by atoms with Gasteiger partial charge in [0.05, 0.1) is 24.0 Å². The second-order valence-corrected chi connectivity index (χ2v) is 20.4. The maximum Gasteiger partial charge on any atom is 0.138 e. The number of aryl methyl sites for hydroxylation is 2. The molecule has 2 aliphatic rings. The van der Waals surface area contributed by atoms with Crippen molar-refractivity contribution in [1.82, 2.24) is 0 Å². The molecule has 0 unspecified atom stereocenters. The summed E-state index contributed by atoms with van der Waals surface area (Å²) in [6.45, 7) is 4.57. The fourth-order valence-corrected chi connectivity index (χ4v) is 14.4. The molecule has 0 aliphatic heterocycles. The first-order valence-electron chi connectivity index (χ1n) is 19.7. The molecule has 8 heteroatoms. The Morgan fingerprint density at radius 3 is 1.27 bits per heavy atom. The van der Waals surface area contributed by atoms with Gasteiger partial charge in [-0.3, -0.25) is 0 Å². The molecule has 6 aromatic rings. The van der Waals surface area contributed by atoms with E-state index in [1.165, 1.54) is 121 Å². The summed E-state index contributed by atoms with van der Waals surface area (Å²) < 4.78 is 11.9. The van der Waals surface area contributed by atoms with Crippen LogP contribution in [-0.4, -0.2) is 14.2 Å². The molecular weight excluding hydrogens is 801 g/mol. The molecule has 286 valence electrons. The molecule has 0 saturated heterocycles. The van der Waals surface area contributed by atoms with E-state index in [4.69, 9.17) is 9.47 Å². The highest BCUT2D eigenvalue weighted by molar-refractivity contribution is 7.30. The Morgan fingerprint density at radius 1 is 0.446 bits per heavy atom. The molecule has 0 radical (unpaired) electrons. The van der Waals surface area contributed by atoms with Crippen molar-refractivity contribution in [3.63, 3.8) is 0 Å². The quantitative estimate of drug-likeness (QED) is 0.0597. The Labute approximate surface area is 355 Å². The van der Waals surface area contributed by atoms with Gasteiger partial charge in [-0.2, -0.15) is 0 Å². The first kappa shape index (κ1) is 39.2. The summed E-state index contributed by atoms with van der Waals surface area (Å²) in [7, 11) is 3.58. The van der Waals surface area contributed by atoms with Crippen molar-refractivity contribution in [1.29, 1.82) is 0 Å². The number of unbranched alkanes of at least 4 members (excludes halogenated alkanes) is 6. The number of rotatable bonds is 19. The average Bonchev–Trinajstić information content (AvgIpc) is 4.07. The van der Waals surface area contributed by atoms with E-state index in [1.54, 1.807) is 14.2 Å². The lowest BCUT2D eigenvalue weighted by molar-refractivity contribution is 0.418. The fourth-order valence-electron chi connectivity index (χ4n) is 7.17. The van der Waals surface area contributed by atoms with Crippen LogP contribution < -0.4 is 9.47 Å². The molecule has 0 N–H and O–H groups in total. The minimum Gasteiger partial charge on any atom is -0.495 e. The summed E-state index contributed by atoms with van der Waals surface area (Å²) in [5.74, 6) is 1.89. The van der Waals surface area contributed by atoms with Crippen molar-refractivity contribution in [2.75, 3.05) is 14.2 Å². The van der Waals surface area contributed by atoms with Crippen LogP contribution >= 0.6 is 68.0 Å². The third-order valence-corrected chi connectivity index (χ3v) is 17.9. The highest BCUT2D eigenvalue weighted by Crippen LogP contribution is 2.52. The minimum atomic E-state index is 0.947. The van der Waals surface area contributed by atoms with E-state index in [-0.39, 0.29) is 0 Å². The predicted octanol–water partition coefficient (Wildman–Crippen LogP) is 16.9. The van der Waals surface area contributed by atoms with Crippen LogP contribution in [0.15, 0.2) is 96.4 Å². The van der Waals surface area contributed by atoms with Crippen molar-refractivity contribution in [2.24, 2.45) is 0 Å². The van der Waals surface area contributed by atoms with Crippen LogP contribution in [0.25, 0.3) is 59.9 Å². The molecule has 2 nitrogen and oxygen atoms in total. The number of allylic oxidation sites excluding steroid dienone is 6. The summed E-state index contributed by atoms with van der Waals surface area (Å²) in [5, 5.41) is 0. The second kappa shape index (κ2) is 18.3. The molecule has 8 rings (SSSR count). The molecule has 0 atom stereocenters. The lowest BCUT2D eigenvalue weighted by Crippen LogP contribution is -1.85. The maximum atomic E-state index is 5.94. The summed E-state index contributed by atoms with van der Waals surface area (Å²) in [6.07, 6.45) is 24.6. The second-order valence-electron chi connectivity index (χ2n) is 14.1. The van der Waals surface area contributed by atoms with Gasteiger partial charge in [-0.15, -0.1) is 79.5 Å². The van der Waals surface area contributed by atoms with Crippen molar-refractivity contribution < 1.29 is 9.47 Å². The van der Waals surface area contributed by atoms with Crippen LogP contribution in [0.2, 0.25) is 0 Å². The molecule has 0 amide bonds. The molecule has 0 saturated carbocycles. The van der Waals surface area contributed by atoms with Gasteiger partial charge in [0.2, 0.25) is 0 Å². The zero-order valence-corrected chi connectivity index (χ0v) is 37.3. The summed E-state index contributed by atoms with van der Waals surface area (Å²) >= 11 is 11.3. The SMILES string of the molecule is CCCCCCc1cc(-c2sc(C3=C=CC=C3)cc2OC)sc1-c1ccc(-c2ccc(-c3sc(-c4sc(C5=C=CC=C5)cc4OC)cc3CCCCCC)s2)s1. The van der Waals surface area contributed by atoms with Crippen molar-refractivity contribution in [2.45, 2.75) is 78.1 Å². The monoisotopic (exact) mass is 846 g/mol. The van der Waals surface area contributed by atoms with Gasteiger partial charge in [0.15, 0.2) is 0 Å². The first-order chi connectivity index (χ1) is 27.6. The molecule has 6 heterocycles. The fraction of sp³-hybridized carbons (Fsp3) is 0.292. The first-order valence-corrected chi connectivity index (χ1v) is 24.6. The van der Waals surface area contributed by atoms with Gasteiger partial charge in [-0.1, -0.05) is 64.5 Å². The van der Waals surface area contributed by atoms with Crippen LogP contribution in [0.3, 0.4) is 0 Å². The van der Waals surface area contributed by atoms with Gasteiger partial charge in [-0.05, 0) is 97.5 Å². The average molecular weight is 847 g/mol. The summed E-state index contributed by atoms with van der Waals surface area (Å²) in [4.78, 5) is 15.6. The molecule has 0 fully saturated rings. The third kappa shape index (κ3) is 8.45. The van der Waals surface area contributed by atoms with E-state index in [2.05, 4.69) is 98.1 Å². The molecule has 2 aliphatic carbocycles. The van der Waals surface area contributed by atoms with E-state index in [0.717, 1.165) is 35.5 Å². The van der Waals surface area contributed by atoms with Crippen LogP contribution in [0.4, 0.5) is 0 Å². The van der Waals surface area contributed by atoms with E-state index in [9.17, 15) is 0 Å². The Hall–Kier alpha value is -3.68. The number of hydrogen-bond donors (Lipinski definition) is 0. The van der Waals surface area contributed by atoms with E-state index in [0.29, 0.717) is 0 Å². The molecule has 0 aromatic carbocycles. The van der Waals surface area contributed by atoms with Crippen LogP contribution in [0, 0.1) is 0 Å². The summed E-state index contributed by atoms with van der Waals surface area (Å²) in [5.41, 5.74) is 11.9. The standard InChI is InChI=1S/C48H46O2S6/c1-5-7-9-11-21-33-27-43(47-35(49-3)29-41(53-47)31-17-13-14-18-31)55-45(33)39-25-23-37(51-39)38-24-26-40(52-38)46-34(22-12-10-8-6-2)28-44(56-46)48-36(50-4)30-42(54-48)32-19-15-16-20-32/h13-17,19,23-30H,5-12,21-22H2,1-4H3. The van der Waals surface area contributed by atoms with Crippen molar-refractivity contribution in [3.8, 4) is 60.3 Å². The van der Waals surface area contributed by atoms with E-state index >= 15 is 0 Å². The van der Waals surface area contributed by atoms with Gasteiger partial charge >= 0.3 is 0 Å². The normalized spacial score (nSPS) is 13.1. The Kier molecular flexibility index (Phi) is 12.8. The van der Waals surface area contributed by atoms with Gasteiger partial charge in [0.25, 0.3) is 0 Å². The van der Waals surface area contributed by atoms with Crippen LogP contribution in [0.1, 0.15) is 86.1 Å². The van der Waals surface area contributed by atoms with Gasteiger partial charge in [0, 0.05) is 72.1 Å². The largest absolute Gasteiger partial charge is 0.495 e. The molecular formula is C48H46O2S6. The van der Waals surface area contributed by atoms with Gasteiger partial charge in [0.1, 0.15) is 11.5 Å². The topological polar surface area (TPSA) is 18.5 Å².